The van der Waals surface area contributed by atoms with Crippen LogP contribution in [0.25, 0.3) is 0 Å². The van der Waals surface area contributed by atoms with Crippen molar-refractivity contribution in [2.24, 2.45) is 0 Å². The van der Waals surface area contributed by atoms with E-state index in [0.29, 0.717) is 0 Å². The zero-order valence-electron chi connectivity index (χ0n) is 11.5. The first-order valence-electron chi connectivity index (χ1n) is 6.55. The van der Waals surface area contributed by atoms with Crippen LogP contribution in [0.5, 0.6) is 0 Å². The molecule has 2 rings (SSSR count). The van der Waals surface area contributed by atoms with Crippen molar-refractivity contribution >= 4 is 5.82 Å². The summed E-state index contributed by atoms with van der Waals surface area (Å²) in [5, 5.41) is 3.23. The highest BCUT2D eigenvalue weighted by Gasteiger charge is 2.03. The van der Waals surface area contributed by atoms with Crippen LogP contribution < -0.4 is 5.32 Å². The third-order valence-electron chi connectivity index (χ3n) is 2.77. The van der Waals surface area contributed by atoms with Gasteiger partial charge < -0.3 is 5.32 Å². The summed E-state index contributed by atoms with van der Waals surface area (Å²) in [5.41, 5.74) is 2.29. The van der Waals surface area contributed by atoms with Crippen LogP contribution in [0.1, 0.15) is 18.2 Å². The second-order valence-corrected chi connectivity index (χ2v) is 4.58. The van der Waals surface area contributed by atoms with Crippen LogP contribution in [0.4, 0.5) is 5.82 Å². The van der Waals surface area contributed by atoms with E-state index in [9.17, 15) is 0 Å². The molecule has 0 spiro atoms. The maximum atomic E-state index is 4.58. The summed E-state index contributed by atoms with van der Waals surface area (Å²) < 4.78 is 0. The number of anilines is 1. The predicted octanol–water partition coefficient (Wildman–Crippen LogP) is 2.54. The van der Waals surface area contributed by atoms with Gasteiger partial charge in [-0.25, -0.2) is 4.98 Å². The molecule has 0 aliphatic rings. The van der Waals surface area contributed by atoms with Gasteiger partial charge in [-0.15, -0.1) is 0 Å². The average Bonchev–Trinajstić information content (AvgIpc) is 2.40. The van der Waals surface area contributed by atoms with Crippen LogP contribution in [0.15, 0.2) is 42.7 Å². The molecule has 2 aromatic rings. The van der Waals surface area contributed by atoms with E-state index in [1.807, 2.05) is 24.4 Å². The fourth-order valence-electron chi connectivity index (χ4n) is 1.98. The number of pyridine rings is 2. The normalized spacial score (nSPS) is 10.7. The van der Waals surface area contributed by atoms with Crippen LogP contribution >= 0.6 is 0 Å². The van der Waals surface area contributed by atoms with Crippen LogP contribution in [0, 0.1) is 0 Å². The zero-order valence-corrected chi connectivity index (χ0v) is 11.5. The quantitative estimate of drug-likeness (QED) is 0.862. The van der Waals surface area contributed by atoms with Crippen molar-refractivity contribution in [3.8, 4) is 0 Å². The minimum atomic E-state index is 0.828. The van der Waals surface area contributed by atoms with Crippen molar-refractivity contribution in [1.82, 2.24) is 14.9 Å². The maximum Gasteiger partial charge on any atom is 0.126 e. The Labute approximate surface area is 114 Å². The summed E-state index contributed by atoms with van der Waals surface area (Å²) in [5.74, 6) is 0.940. The third-order valence-corrected chi connectivity index (χ3v) is 2.77. The Balaban J connectivity index is 1.95. The van der Waals surface area contributed by atoms with Gasteiger partial charge in [0.15, 0.2) is 0 Å². The van der Waals surface area contributed by atoms with Crippen LogP contribution in [-0.2, 0) is 13.1 Å². The third kappa shape index (κ3) is 4.34. The molecule has 0 bridgehead atoms. The van der Waals surface area contributed by atoms with Gasteiger partial charge in [0.2, 0.25) is 0 Å². The van der Waals surface area contributed by atoms with Crippen molar-refractivity contribution in [1.29, 1.82) is 0 Å². The van der Waals surface area contributed by atoms with E-state index in [2.05, 4.69) is 46.3 Å². The molecule has 0 aliphatic heterocycles. The van der Waals surface area contributed by atoms with E-state index in [1.165, 1.54) is 5.56 Å². The molecule has 0 fully saturated rings. The molecule has 2 aromatic heterocycles. The Morgan fingerprint density at radius 1 is 1.16 bits per heavy atom. The number of nitrogens with one attached hydrogen (secondary N) is 1. The minimum Gasteiger partial charge on any atom is -0.370 e. The van der Waals surface area contributed by atoms with E-state index in [0.717, 1.165) is 31.1 Å². The van der Waals surface area contributed by atoms with E-state index in [1.54, 1.807) is 6.20 Å². The summed E-state index contributed by atoms with van der Waals surface area (Å²) in [6, 6.07) is 10.1. The first-order chi connectivity index (χ1) is 9.28. The Morgan fingerprint density at radius 3 is 2.79 bits per heavy atom. The van der Waals surface area contributed by atoms with E-state index >= 15 is 0 Å². The van der Waals surface area contributed by atoms with Gasteiger partial charge in [-0.3, -0.25) is 9.88 Å². The van der Waals surface area contributed by atoms with Gasteiger partial charge in [-0.1, -0.05) is 12.1 Å². The molecule has 0 atom stereocenters. The lowest BCUT2D eigenvalue weighted by atomic mass is 10.2. The largest absolute Gasteiger partial charge is 0.370 e. The molecule has 100 valence electrons. The van der Waals surface area contributed by atoms with Gasteiger partial charge in [0, 0.05) is 32.0 Å². The molecule has 0 saturated carbocycles. The lowest BCUT2D eigenvalue weighted by molar-refractivity contribution is 0.315. The highest BCUT2D eigenvalue weighted by Crippen LogP contribution is 2.08. The van der Waals surface area contributed by atoms with Crippen molar-refractivity contribution in [3.63, 3.8) is 0 Å². The SMILES string of the molecule is CCNc1cccc(CN(C)Cc2cccnc2)n1. The molecule has 4 heteroatoms. The van der Waals surface area contributed by atoms with Crippen LogP contribution in [0.2, 0.25) is 0 Å². The molecule has 19 heavy (non-hydrogen) atoms. The molecule has 0 saturated heterocycles. The minimum absolute atomic E-state index is 0.828. The van der Waals surface area contributed by atoms with Crippen LogP contribution in [0.3, 0.4) is 0 Å². The standard InChI is InChI=1S/C15H20N4/c1-3-17-15-8-4-7-14(18-15)12-19(2)11-13-6-5-9-16-10-13/h4-10H,3,11-12H2,1-2H3,(H,17,18). The Bertz CT molecular complexity index is 499. The summed E-state index contributed by atoms with van der Waals surface area (Å²) in [4.78, 5) is 10.9. The molecule has 0 amide bonds. The molecular weight excluding hydrogens is 236 g/mol. The molecule has 0 aliphatic carbocycles. The molecule has 4 nitrogen and oxygen atoms in total. The van der Waals surface area contributed by atoms with Gasteiger partial charge in [-0.2, -0.15) is 0 Å². The average molecular weight is 256 g/mol. The number of nitrogens with zero attached hydrogens (tertiary/aromatic N) is 3. The fraction of sp³-hybridized carbons (Fsp3) is 0.333. The summed E-state index contributed by atoms with van der Waals surface area (Å²) in [6.45, 7) is 4.67. The number of hydrogen-bond acceptors (Lipinski definition) is 4. The Morgan fingerprint density at radius 2 is 2.05 bits per heavy atom. The van der Waals surface area contributed by atoms with Crippen molar-refractivity contribution in [2.45, 2.75) is 20.0 Å². The van der Waals surface area contributed by atoms with Gasteiger partial charge in [0.05, 0.1) is 5.69 Å². The monoisotopic (exact) mass is 256 g/mol. The predicted molar refractivity (Wildman–Crippen MR) is 77.8 cm³/mol. The topological polar surface area (TPSA) is 41.0 Å². The van der Waals surface area contributed by atoms with Crippen molar-refractivity contribution in [2.75, 3.05) is 18.9 Å². The fourth-order valence-corrected chi connectivity index (χ4v) is 1.98. The number of aromatic nitrogens is 2. The summed E-state index contributed by atoms with van der Waals surface area (Å²) in [7, 11) is 2.09. The number of hydrogen-bond donors (Lipinski definition) is 1. The highest BCUT2D eigenvalue weighted by atomic mass is 15.1. The molecule has 0 unspecified atom stereocenters. The second kappa shape index (κ2) is 6.85. The van der Waals surface area contributed by atoms with Crippen molar-refractivity contribution in [3.05, 3.63) is 54.0 Å². The van der Waals surface area contributed by atoms with Crippen LogP contribution in [-0.4, -0.2) is 28.5 Å². The van der Waals surface area contributed by atoms with Crippen molar-refractivity contribution < 1.29 is 0 Å². The first-order valence-corrected chi connectivity index (χ1v) is 6.55. The summed E-state index contributed by atoms with van der Waals surface area (Å²) in [6.07, 6.45) is 3.70. The lowest BCUT2D eigenvalue weighted by Gasteiger charge is -2.16. The first kappa shape index (κ1) is 13.5. The Kier molecular flexibility index (Phi) is 4.86. The second-order valence-electron chi connectivity index (χ2n) is 4.58. The lowest BCUT2D eigenvalue weighted by Crippen LogP contribution is -2.18. The molecule has 0 aromatic carbocycles. The van der Waals surface area contributed by atoms with Gasteiger partial charge >= 0.3 is 0 Å². The summed E-state index contributed by atoms with van der Waals surface area (Å²) >= 11 is 0. The van der Waals surface area contributed by atoms with Gasteiger partial charge in [0.25, 0.3) is 0 Å². The molecular formula is C15H20N4. The van der Waals surface area contributed by atoms with Gasteiger partial charge in [-0.05, 0) is 37.7 Å². The molecule has 1 N–H and O–H groups in total. The Hall–Kier alpha value is -1.94. The van der Waals surface area contributed by atoms with E-state index in [-0.39, 0.29) is 0 Å². The number of rotatable bonds is 6. The molecule has 2 heterocycles. The van der Waals surface area contributed by atoms with Gasteiger partial charge in [0.1, 0.15) is 5.82 Å². The van der Waals surface area contributed by atoms with E-state index in [4.69, 9.17) is 0 Å². The smallest absolute Gasteiger partial charge is 0.126 e. The molecule has 0 radical (unpaired) electrons. The zero-order chi connectivity index (χ0) is 13.5. The highest BCUT2D eigenvalue weighted by molar-refractivity contribution is 5.34. The van der Waals surface area contributed by atoms with E-state index < -0.39 is 0 Å². The maximum absolute atomic E-state index is 4.58.